The first-order chi connectivity index (χ1) is 8.29. The molecule has 0 radical (unpaired) electrons. The number of hydrogen-bond acceptors (Lipinski definition) is 3. The minimum absolute atomic E-state index is 0.00657. The molecule has 1 N–H and O–H groups in total. The van der Waals surface area contributed by atoms with Gasteiger partial charge in [0.2, 0.25) is 0 Å². The molecule has 0 aliphatic heterocycles. The Bertz CT molecular complexity index is 643. The Kier molecular flexibility index (Phi) is 2.86. The molecule has 0 atom stereocenters. The molecule has 0 aliphatic carbocycles. The quantitative estimate of drug-likeness (QED) is 0.870. The van der Waals surface area contributed by atoms with Crippen LogP contribution in [0.2, 0.25) is 5.15 Å². The Hall–Kier alpha value is -1.89. The number of carboxylic acid groups (broad SMARTS) is 1. The number of hydrogen-bond donors (Lipinski definition) is 1. The van der Waals surface area contributed by atoms with Crippen molar-refractivity contribution in [1.29, 1.82) is 0 Å². The summed E-state index contributed by atoms with van der Waals surface area (Å²) >= 11 is 5.38. The fourth-order valence-corrected chi connectivity index (χ4v) is 1.59. The summed E-state index contributed by atoms with van der Waals surface area (Å²) in [5.74, 6) is -1.21. The second-order valence-electron chi connectivity index (χ2n) is 3.37. The first-order valence-corrected chi connectivity index (χ1v) is 4.94. The van der Waals surface area contributed by atoms with Crippen molar-refractivity contribution in [3.63, 3.8) is 0 Å². The Morgan fingerprint density at radius 2 is 1.89 bits per heavy atom. The molecule has 0 spiro atoms. The normalized spacial score (nSPS) is 11.8. The Morgan fingerprint density at radius 3 is 2.44 bits per heavy atom. The minimum Gasteiger partial charge on any atom is -0.478 e. The topological polar surface area (TPSA) is 63.1 Å². The lowest BCUT2D eigenvalue weighted by Gasteiger charge is -2.08. The molecule has 1 aromatic heterocycles. The van der Waals surface area contributed by atoms with Crippen LogP contribution in [0.1, 0.15) is 16.1 Å². The monoisotopic (exact) mass is 276 g/mol. The van der Waals surface area contributed by atoms with Gasteiger partial charge in [0.1, 0.15) is 0 Å². The van der Waals surface area contributed by atoms with Crippen molar-refractivity contribution in [3.8, 4) is 0 Å². The van der Waals surface area contributed by atoms with Crippen molar-refractivity contribution in [3.05, 3.63) is 34.6 Å². The van der Waals surface area contributed by atoms with Crippen molar-refractivity contribution < 1.29 is 23.1 Å². The lowest BCUT2D eigenvalue weighted by atomic mass is 10.2. The molecular formula is C10H4ClF3N2O2. The molecule has 0 fully saturated rings. The summed E-state index contributed by atoms with van der Waals surface area (Å²) in [5, 5.41) is 7.93. The first-order valence-electron chi connectivity index (χ1n) is 4.57. The number of fused-ring (bicyclic) bond motifs is 1. The van der Waals surface area contributed by atoms with Crippen LogP contribution in [0.25, 0.3) is 11.0 Å². The summed E-state index contributed by atoms with van der Waals surface area (Å²) in [7, 11) is 0. The van der Waals surface area contributed by atoms with Gasteiger partial charge in [0, 0.05) is 0 Å². The molecule has 0 saturated carbocycles. The number of alkyl halides is 3. The summed E-state index contributed by atoms with van der Waals surface area (Å²) in [4.78, 5) is 17.5. The average Bonchev–Trinajstić information content (AvgIpc) is 2.25. The molecule has 0 unspecified atom stereocenters. The number of benzene rings is 1. The Balaban J connectivity index is 2.68. The number of carbonyl (C=O) groups is 1. The summed E-state index contributed by atoms with van der Waals surface area (Å²) in [6.45, 7) is 0. The molecule has 2 aromatic rings. The van der Waals surface area contributed by atoms with E-state index in [2.05, 4.69) is 9.97 Å². The predicted molar refractivity (Wildman–Crippen MR) is 56.5 cm³/mol. The molecule has 1 heterocycles. The van der Waals surface area contributed by atoms with Gasteiger partial charge in [0.05, 0.1) is 16.6 Å². The van der Waals surface area contributed by atoms with Crippen LogP contribution >= 0.6 is 11.6 Å². The molecule has 1 aromatic carbocycles. The van der Waals surface area contributed by atoms with Crippen LogP contribution in [0, 0.1) is 0 Å². The molecule has 2 rings (SSSR count). The van der Waals surface area contributed by atoms with Gasteiger partial charge in [-0.15, -0.1) is 0 Å². The van der Waals surface area contributed by atoms with Crippen LogP contribution in [-0.2, 0) is 6.18 Å². The van der Waals surface area contributed by atoms with Crippen LogP contribution in [0.15, 0.2) is 18.2 Å². The standard InChI is InChI=1S/C10H4ClF3N2O2/c11-8-7(10(12,13)14)15-5-2-1-4(9(17)18)3-6(5)16-8/h1-3H,(H,17,18). The van der Waals surface area contributed by atoms with Crippen molar-refractivity contribution in [2.24, 2.45) is 0 Å². The third-order valence-electron chi connectivity index (χ3n) is 2.14. The van der Waals surface area contributed by atoms with Gasteiger partial charge in [-0.25, -0.2) is 14.8 Å². The Morgan fingerprint density at radius 1 is 1.22 bits per heavy atom. The predicted octanol–water partition coefficient (Wildman–Crippen LogP) is 3.00. The summed E-state index contributed by atoms with van der Waals surface area (Å²) in [6.07, 6.45) is -4.70. The van der Waals surface area contributed by atoms with Crippen LogP contribution < -0.4 is 0 Å². The minimum atomic E-state index is -4.70. The molecule has 94 valence electrons. The number of rotatable bonds is 1. The molecule has 18 heavy (non-hydrogen) atoms. The second kappa shape index (κ2) is 4.09. The van der Waals surface area contributed by atoms with Crippen molar-refractivity contribution in [2.75, 3.05) is 0 Å². The third kappa shape index (κ3) is 2.21. The highest BCUT2D eigenvalue weighted by atomic mass is 35.5. The van der Waals surface area contributed by atoms with Crippen LogP contribution in [0.3, 0.4) is 0 Å². The molecule has 0 aliphatic rings. The number of nitrogens with zero attached hydrogens (tertiary/aromatic N) is 2. The Labute approximate surface area is 103 Å². The fraction of sp³-hybridized carbons (Fsp3) is 0.100. The maximum Gasteiger partial charge on any atom is 0.436 e. The van der Waals surface area contributed by atoms with Gasteiger partial charge < -0.3 is 5.11 Å². The second-order valence-corrected chi connectivity index (χ2v) is 3.73. The maximum atomic E-state index is 12.5. The van der Waals surface area contributed by atoms with E-state index in [0.29, 0.717) is 0 Å². The summed E-state index contributed by atoms with van der Waals surface area (Å²) in [5.41, 5.74) is -1.48. The molecular weight excluding hydrogens is 273 g/mol. The summed E-state index contributed by atoms with van der Waals surface area (Å²) < 4.78 is 37.5. The van der Waals surface area contributed by atoms with Crippen LogP contribution in [0.5, 0.6) is 0 Å². The highest BCUT2D eigenvalue weighted by Crippen LogP contribution is 2.33. The highest BCUT2D eigenvalue weighted by molar-refractivity contribution is 6.30. The van der Waals surface area contributed by atoms with Crippen LogP contribution in [0.4, 0.5) is 13.2 Å². The van der Waals surface area contributed by atoms with Crippen molar-refractivity contribution in [1.82, 2.24) is 9.97 Å². The van der Waals surface area contributed by atoms with E-state index in [1.54, 1.807) is 0 Å². The van der Waals surface area contributed by atoms with E-state index < -0.39 is 23.0 Å². The summed E-state index contributed by atoms with van der Waals surface area (Å²) in [6, 6.07) is 3.40. The van der Waals surface area contributed by atoms with E-state index in [9.17, 15) is 18.0 Å². The first kappa shape index (κ1) is 12.6. The van der Waals surface area contributed by atoms with Gasteiger partial charge in [0.15, 0.2) is 10.8 Å². The number of aromatic nitrogens is 2. The van der Waals surface area contributed by atoms with E-state index in [-0.39, 0.29) is 16.6 Å². The molecule has 8 heteroatoms. The number of halogens is 4. The molecule has 0 amide bonds. The van der Waals surface area contributed by atoms with Crippen LogP contribution in [-0.4, -0.2) is 21.0 Å². The van der Waals surface area contributed by atoms with Gasteiger partial charge in [-0.2, -0.15) is 13.2 Å². The SMILES string of the molecule is O=C(O)c1ccc2nc(C(F)(F)F)c(Cl)nc2c1. The fourth-order valence-electron chi connectivity index (χ4n) is 1.35. The zero-order valence-corrected chi connectivity index (χ0v) is 9.25. The molecule has 0 saturated heterocycles. The zero-order chi connectivity index (χ0) is 13.5. The van der Waals surface area contributed by atoms with Gasteiger partial charge in [0.25, 0.3) is 0 Å². The van der Waals surface area contributed by atoms with E-state index in [4.69, 9.17) is 16.7 Å². The largest absolute Gasteiger partial charge is 0.478 e. The van der Waals surface area contributed by atoms with Gasteiger partial charge in [-0.3, -0.25) is 0 Å². The van der Waals surface area contributed by atoms with Gasteiger partial charge >= 0.3 is 12.1 Å². The van der Waals surface area contributed by atoms with Crippen molar-refractivity contribution >= 4 is 28.6 Å². The molecule has 4 nitrogen and oxygen atoms in total. The third-order valence-corrected chi connectivity index (χ3v) is 2.40. The van der Waals surface area contributed by atoms with E-state index in [0.717, 1.165) is 18.2 Å². The zero-order valence-electron chi connectivity index (χ0n) is 8.49. The number of carboxylic acids is 1. The van der Waals surface area contributed by atoms with Crippen molar-refractivity contribution in [2.45, 2.75) is 6.18 Å². The lowest BCUT2D eigenvalue weighted by Crippen LogP contribution is -2.10. The highest BCUT2D eigenvalue weighted by Gasteiger charge is 2.36. The smallest absolute Gasteiger partial charge is 0.436 e. The van der Waals surface area contributed by atoms with E-state index >= 15 is 0 Å². The maximum absolute atomic E-state index is 12.5. The van der Waals surface area contributed by atoms with Gasteiger partial charge in [-0.1, -0.05) is 11.6 Å². The average molecular weight is 277 g/mol. The molecule has 0 bridgehead atoms. The number of aromatic carboxylic acids is 1. The van der Waals surface area contributed by atoms with E-state index in [1.165, 1.54) is 0 Å². The lowest BCUT2D eigenvalue weighted by molar-refractivity contribution is -0.141. The van der Waals surface area contributed by atoms with E-state index in [1.807, 2.05) is 0 Å². The van der Waals surface area contributed by atoms with Gasteiger partial charge in [-0.05, 0) is 18.2 Å².